The van der Waals surface area contributed by atoms with E-state index >= 15 is 0 Å². The van der Waals surface area contributed by atoms with E-state index in [0.717, 1.165) is 32.2 Å². The number of hydrogen-bond acceptors (Lipinski definition) is 3. The fourth-order valence-electron chi connectivity index (χ4n) is 2.86. The van der Waals surface area contributed by atoms with Crippen molar-refractivity contribution in [2.24, 2.45) is 5.92 Å². The molecule has 0 aromatic rings. The molecular weight excluding hydrogens is 214 g/mol. The highest BCUT2D eigenvalue weighted by Gasteiger charge is 2.37. The molecule has 4 nitrogen and oxygen atoms in total. The Labute approximate surface area is 103 Å². The number of hydrogen-bond donors (Lipinski definition) is 1. The Balaban J connectivity index is 1.95. The minimum atomic E-state index is -0.192. The molecule has 0 aliphatic carbocycles. The first-order valence-electron chi connectivity index (χ1n) is 6.59. The van der Waals surface area contributed by atoms with Crippen LogP contribution in [0.25, 0.3) is 0 Å². The number of carbonyl (C=O) groups is 1. The molecule has 3 atom stereocenters. The summed E-state index contributed by atoms with van der Waals surface area (Å²) in [7, 11) is 0. The second kappa shape index (κ2) is 5.05. The van der Waals surface area contributed by atoms with Crippen LogP contribution in [0.4, 0.5) is 0 Å². The monoisotopic (exact) mass is 235 g/mol. The standard InChI is InChI=1S/C13H21N3O/c1-9(2)11-5-6-12(15-11)13(17)16-7-3-4-10(16)8-14/h9-12,15H,3-7H2,1-2H3. The summed E-state index contributed by atoms with van der Waals surface area (Å²) >= 11 is 0. The van der Waals surface area contributed by atoms with Gasteiger partial charge in [-0.25, -0.2) is 0 Å². The summed E-state index contributed by atoms with van der Waals surface area (Å²) in [6.07, 6.45) is 3.78. The summed E-state index contributed by atoms with van der Waals surface area (Å²) in [5.41, 5.74) is 0. The highest BCUT2D eigenvalue weighted by molar-refractivity contribution is 5.83. The van der Waals surface area contributed by atoms with Gasteiger partial charge in [0, 0.05) is 12.6 Å². The highest BCUT2D eigenvalue weighted by atomic mass is 16.2. The van der Waals surface area contributed by atoms with Gasteiger partial charge in [-0.2, -0.15) is 5.26 Å². The molecule has 2 heterocycles. The van der Waals surface area contributed by atoms with E-state index in [1.165, 1.54) is 0 Å². The van der Waals surface area contributed by atoms with E-state index in [9.17, 15) is 4.79 Å². The van der Waals surface area contributed by atoms with Crippen LogP contribution >= 0.6 is 0 Å². The smallest absolute Gasteiger partial charge is 0.240 e. The SMILES string of the molecule is CC(C)C1CCC(C(=O)N2CCCC2C#N)N1. The summed E-state index contributed by atoms with van der Waals surface area (Å²) in [6.45, 7) is 5.11. The maximum atomic E-state index is 12.3. The van der Waals surface area contributed by atoms with Crippen LogP contribution in [0.5, 0.6) is 0 Å². The summed E-state index contributed by atoms with van der Waals surface area (Å²) in [5.74, 6) is 0.704. The number of amides is 1. The largest absolute Gasteiger partial charge is 0.325 e. The summed E-state index contributed by atoms with van der Waals surface area (Å²) in [6, 6.07) is 2.43. The van der Waals surface area contributed by atoms with Crippen molar-refractivity contribution >= 4 is 5.91 Å². The van der Waals surface area contributed by atoms with Crippen LogP contribution in [0.3, 0.4) is 0 Å². The zero-order chi connectivity index (χ0) is 12.4. The van der Waals surface area contributed by atoms with Crippen molar-refractivity contribution in [2.45, 2.75) is 57.7 Å². The number of nitriles is 1. The molecule has 2 rings (SSSR count). The first-order valence-corrected chi connectivity index (χ1v) is 6.59. The van der Waals surface area contributed by atoms with Crippen molar-refractivity contribution in [3.8, 4) is 6.07 Å². The van der Waals surface area contributed by atoms with Crippen LogP contribution in [-0.2, 0) is 4.79 Å². The first kappa shape index (κ1) is 12.4. The third-order valence-electron chi connectivity index (χ3n) is 3.97. The molecule has 1 amide bonds. The van der Waals surface area contributed by atoms with Gasteiger partial charge in [0.25, 0.3) is 0 Å². The third-order valence-corrected chi connectivity index (χ3v) is 3.97. The van der Waals surface area contributed by atoms with Crippen LogP contribution in [0.15, 0.2) is 0 Å². The second-order valence-corrected chi connectivity index (χ2v) is 5.47. The Hall–Kier alpha value is -1.08. The fraction of sp³-hybridized carbons (Fsp3) is 0.846. The number of nitrogens with zero attached hydrogens (tertiary/aromatic N) is 2. The third kappa shape index (κ3) is 2.44. The van der Waals surface area contributed by atoms with Crippen molar-refractivity contribution < 1.29 is 4.79 Å². The molecule has 17 heavy (non-hydrogen) atoms. The van der Waals surface area contributed by atoms with Crippen LogP contribution < -0.4 is 5.32 Å². The van der Waals surface area contributed by atoms with Gasteiger partial charge in [0.2, 0.25) is 5.91 Å². The van der Waals surface area contributed by atoms with Crippen LogP contribution in [-0.4, -0.2) is 35.5 Å². The molecular formula is C13H21N3O. The van der Waals surface area contributed by atoms with E-state index in [-0.39, 0.29) is 18.0 Å². The van der Waals surface area contributed by atoms with Crippen LogP contribution in [0.2, 0.25) is 0 Å². The number of carbonyl (C=O) groups excluding carboxylic acids is 1. The molecule has 2 fully saturated rings. The lowest BCUT2D eigenvalue weighted by molar-refractivity contribution is -0.133. The van der Waals surface area contributed by atoms with Crippen molar-refractivity contribution in [3.63, 3.8) is 0 Å². The maximum Gasteiger partial charge on any atom is 0.240 e. The summed E-state index contributed by atoms with van der Waals surface area (Å²) in [5, 5.41) is 12.4. The Morgan fingerprint density at radius 1 is 1.41 bits per heavy atom. The van der Waals surface area contributed by atoms with Crippen molar-refractivity contribution in [1.82, 2.24) is 10.2 Å². The maximum absolute atomic E-state index is 12.3. The summed E-state index contributed by atoms with van der Waals surface area (Å²) in [4.78, 5) is 14.1. The Bertz CT molecular complexity index is 334. The van der Waals surface area contributed by atoms with Gasteiger partial charge in [-0.3, -0.25) is 4.79 Å². The van der Waals surface area contributed by atoms with Gasteiger partial charge in [-0.05, 0) is 31.6 Å². The topological polar surface area (TPSA) is 56.1 Å². The molecule has 4 heteroatoms. The lowest BCUT2D eigenvalue weighted by Crippen LogP contribution is -2.47. The van der Waals surface area contributed by atoms with Crippen molar-refractivity contribution in [1.29, 1.82) is 5.26 Å². The lowest BCUT2D eigenvalue weighted by atomic mass is 10.0. The number of nitrogens with one attached hydrogen (secondary N) is 1. The van der Waals surface area contributed by atoms with E-state index in [4.69, 9.17) is 5.26 Å². The zero-order valence-electron chi connectivity index (χ0n) is 10.6. The molecule has 2 saturated heterocycles. The van der Waals surface area contributed by atoms with Gasteiger partial charge in [-0.1, -0.05) is 13.8 Å². The van der Waals surface area contributed by atoms with Crippen molar-refractivity contribution in [3.05, 3.63) is 0 Å². The molecule has 2 aliphatic heterocycles. The zero-order valence-corrected chi connectivity index (χ0v) is 10.6. The highest BCUT2D eigenvalue weighted by Crippen LogP contribution is 2.23. The Morgan fingerprint density at radius 3 is 2.76 bits per heavy atom. The van der Waals surface area contributed by atoms with E-state index in [1.807, 2.05) is 0 Å². The summed E-state index contributed by atoms with van der Waals surface area (Å²) < 4.78 is 0. The van der Waals surface area contributed by atoms with Gasteiger partial charge in [0.05, 0.1) is 12.1 Å². The average Bonchev–Trinajstić information content (AvgIpc) is 2.96. The minimum Gasteiger partial charge on any atom is -0.325 e. The van der Waals surface area contributed by atoms with Crippen LogP contribution in [0.1, 0.15) is 39.5 Å². The number of likely N-dealkylation sites (tertiary alicyclic amines) is 1. The van der Waals surface area contributed by atoms with Crippen LogP contribution in [0, 0.1) is 17.2 Å². The van der Waals surface area contributed by atoms with Gasteiger partial charge in [0.15, 0.2) is 0 Å². The van der Waals surface area contributed by atoms with Gasteiger partial charge in [-0.15, -0.1) is 0 Å². The van der Waals surface area contributed by atoms with E-state index in [2.05, 4.69) is 25.2 Å². The van der Waals surface area contributed by atoms with E-state index in [0.29, 0.717) is 12.0 Å². The quantitative estimate of drug-likeness (QED) is 0.784. The fourth-order valence-corrected chi connectivity index (χ4v) is 2.86. The van der Waals surface area contributed by atoms with Crippen molar-refractivity contribution in [2.75, 3.05) is 6.54 Å². The molecule has 0 saturated carbocycles. The Morgan fingerprint density at radius 2 is 2.18 bits per heavy atom. The molecule has 0 aromatic heterocycles. The van der Waals surface area contributed by atoms with Gasteiger partial charge < -0.3 is 10.2 Å². The number of rotatable bonds is 2. The second-order valence-electron chi connectivity index (χ2n) is 5.47. The molecule has 0 spiro atoms. The minimum absolute atomic E-state index is 0.0589. The van der Waals surface area contributed by atoms with Gasteiger partial charge in [0.1, 0.15) is 6.04 Å². The lowest BCUT2D eigenvalue weighted by Gasteiger charge is -2.24. The molecule has 0 aromatic carbocycles. The molecule has 0 bridgehead atoms. The normalized spacial score (nSPS) is 33.1. The first-order chi connectivity index (χ1) is 8.13. The molecule has 0 radical (unpaired) electrons. The average molecular weight is 235 g/mol. The van der Waals surface area contributed by atoms with E-state index < -0.39 is 0 Å². The molecule has 1 N–H and O–H groups in total. The predicted octanol–water partition coefficient (Wildman–Crippen LogP) is 1.28. The Kier molecular flexibility index (Phi) is 3.68. The molecule has 94 valence electrons. The molecule has 2 aliphatic rings. The predicted molar refractivity (Wildman–Crippen MR) is 65.1 cm³/mol. The van der Waals surface area contributed by atoms with Gasteiger partial charge >= 0.3 is 0 Å². The van der Waals surface area contributed by atoms with E-state index in [1.54, 1.807) is 4.90 Å². The molecule has 3 unspecified atom stereocenters.